The predicted molar refractivity (Wildman–Crippen MR) is 114 cm³/mol. The van der Waals surface area contributed by atoms with E-state index in [2.05, 4.69) is 10.4 Å². The fourth-order valence-corrected chi connectivity index (χ4v) is 3.50. The maximum absolute atomic E-state index is 12.5. The van der Waals surface area contributed by atoms with E-state index in [0.29, 0.717) is 10.7 Å². The predicted octanol–water partition coefficient (Wildman–Crippen LogP) is 4.28. The van der Waals surface area contributed by atoms with Crippen molar-refractivity contribution in [2.24, 2.45) is 0 Å². The zero-order chi connectivity index (χ0) is 20.3. The molecule has 2 aromatic carbocycles. The van der Waals surface area contributed by atoms with Crippen LogP contribution in [0.1, 0.15) is 23.6 Å². The number of hydrogen-bond donors (Lipinski definition) is 1. The van der Waals surface area contributed by atoms with E-state index in [4.69, 9.17) is 0 Å². The molecule has 0 radical (unpaired) electrons. The van der Waals surface area contributed by atoms with Crippen molar-refractivity contribution < 1.29 is 4.79 Å². The molecule has 3 aromatic rings. The second-order valence-corrected chi connectivity index (χ2v) is 8.17. The number of benzene rings is 2. The lowest BCUT2D eigenvalue weighted by Crippen LogP contribution is -2.24. The van der Waals surface area contributed by atoms with Gasteiger partial charge in [0.2, 0.25) is 5.91 Å². The number of carbonyl (C=O) groups is 1. The third-order valence-electron chi connectivity index (χ3n) is 4.46. The standard InChI is InChI=1S/C22H23N3O2S/c1-14-6-5-7-18(12-14)23-22(27)17(4)28-20-10-11-21(26)25(24-20)19-9-8-15(2)16(3)13-19/h5-13,17H,1-4H3,(H,23,27)/t17-/m0/s1. The molecule has 0 saturated carbocycles. The number of carbonyl (C=O) groups excluding carboxylic acids is 1. The van der Waals surface area contributed by atoms with Gasteiger partial charge in [-0.1, -0.05) is 30.0 Å². The Morgan fingerprint density at radius 2 is 1.82 bits per heavy atom. The molecule has 0 unspecified atom stereocenters. The van der Waals surface area contributed by atoms with Gasteiger partial charge in [-0.05, 0) is 74.7 Å². The van der Waals surface area contributed by atoms with Crippen molar-refractivity contribution in [2.45, 2.75) is 38.0 Å². The molecule has 144 valence electrons. The van der Waals surface area contributed by atoms with Crippen LogP contribution in [0.2, 0.25) is 0 Å². The van der Waals surface area contributed by atoms with Crippen molar-refractivity contribution in [3.05, 3.63) is 81.6 Å². The van der Waals surface area contributed by atoms with Gasteiger partial charge in [-0.3, -0.25) is 9.59 Å². The average Bonchev–Trinajstić information content (AvgIpc) is 2.65. The molecule has 1 heterocycles. The van der Waals surface area contributed by atoms with Gasteiger partial charge in [0.25, 0.3) is 5.56 Å². The first-order valence-corrected chi connectivity index (χ1v) is 9.93. The molecule has 0 spiro atoms. The van der Waals surface area contributed by atoms with Gasteiger partial charge < -0.3 is 5.32 Å². The minimum Gasteiger partial charge on any atom is -0.325 e. The third-order valence-corrected chi connectivity index (χ3v) is 5.49. The number of hydrogen-bond acceptors (Lipinski definition) is 4. The smallest absolute Gasteiger partial charge is 0.271 e. The second-order valence-electron chi connectivity index (χ2n) is 6.81. The van der Waals surface area contributed by atoms with Crippen molar-refractivity contribution in [2.75, 3.05) is 5.32 Å². The molecular formula is C22H23N3O2S. The molecule has 0 saturated heterocycles. The lowest BCUT2D eigenvalue weighted by Gasteiger charge is -2.13. The van der Waals surface area contributed by atoms with E-state index in [1.165, 1.54) is 22.5 Å². The Morgan fingerprint density at radius 1 is 1.04 bits per heavy atom. The highest BCUT2D eigenvalue weighted by molar-refractivity contribution is 8.00. The summed E-state index contributed by atoms with van der Waals surface area (Å²) >= 11 is 1.32. The summed E-state index contributed by atoms with van der Waals surface area (Å²) in [5.74, 6) is -0.110. The molecule has 0 aliphatic rings. The third kappa shape index (κ3) is 4.70. The molecule has 1 aromatic heterocycles. The van der Waals surface area contributed by atoms with Crippen LogP contribution < -0.4 is 10.9 Å². The van der Waals surface area contributed by atoms with E-state index >= 15 is 0 Å². The van der Waals surface area contributed by atoms with Crippen LogP contribution in [0, 0.1) is 20.8 Å². The molecule has 6 heteroatoms. The minimum atomic E-state index is -0.362. The molecule has 1 N–H and O–H groups in total. The highest BCUT2D eigenvalue weighted by Crippen LogP contribution is 2.22. The Kier molecular flexibility index (Phi) is 5.99. The number of nitrogens with one attached hydrogen (secondary N) is 1. The summed E-state index contributed by atoms with van der Waals surface area (Å²) in [6.45, 7) is 7.83. The number of anilines is 1. The van der Waals surface area contributed by atoms with Gasteiger partial charge in [0.05, 0.1) is 10.9 Å². The van der Waals surface area contributed by atoms with Gasteiger partial charge in [0, 0.05) is 11.8 Å². The molecular weight excluding hydrogens is 370 g/mol. The lowest BCUT2D eigenvalue weighted by atomic mass is 10.1. The summed E-state index contributed by atoms with van der Waals surface area (Å²) < 4.78 is 1.37. The molecule has 0 bridgehead atoms. The number of amides is 1. The molecule has 1 amide bonds. The summed E-state index contributed by atoms with van der Waals surface area (Å²) in [6.07, 6.45) is 0. The van der Waals surface area contributed by atoms with E-state index in [1.807, 2.05) is 70.2 Å². The topological polar surface area (TPSA) is 64.0 Å². The molecule has 28 heavy (non-hydrogen) atoms. The van der Waals surface area contributed by atoms with Crippen LogP contribution >= 0.6 is 11.8 Å². The van der Waals surface area contributed by atoms with Gasteiger partial charge in [-0.25, -0.2) is 0 Å². The van der Waals surface area contributed by atoms with Gasteiger partial charge in [-0.2, -0.15) is 9.78 Å². The Morgan fingerprint density at radius 3 is 2.54 bits per heavy atom. The van der Waals surface area contributed by atoms with E-state index < -0.39 is 0 Å². The lowest BCUT2D eigenvalue weighted by molar-refractivity contribution is -0.115. The summed E-state index contributed by atoms with van der Waals surface area (Å²) in [6, 6.07) is 16.6. The molecule has 1 atom stereocenters. The van der Waals surface area contributed by atoms with Crippen LogP contribution in [-0.4, -0.2) is 20.9 Å². The van der Waals surface area contributed by atoms with Crippen molar-refractivity contribution in [3.63, 3.8) is 0 Å². The summed E-state index contributed by atoms with van der Waals surface area (Å²) in [5.41, 5.74) is 4.61. The summed E-state index contributed by atoms with van der Waals surface area (Å²) in [4.78, 5) is 24.8. The Labute approximate surface area is 168 Å². The van der Waals surface area contributed by atoms with Crippen molar-refractivity contribution >= 4 is 23.4 Å². The van der Waals surface area contributed by atoms with Crippen LogP contribution in [0.5, 0.6) is 0 Å². The van der Waals surface area contributed by atoms with Crippen LogP contribution in [0.15, 0.2) is 64.4 Å². The zero-order valence-electron chi connectivity index (χ0n) is 16.4. The number of thioether (sulfide) groups is 1. The quantitative estimate of drug-likeness (QED) is 0.657. The maximum atomic E-state index is 12.5. The molecule has 0 aliphatic carbocycles. The van der Waals surface area contributed by atoms with Crippen molar-refractivity contribution in [1.29, 1.82) is 0 Å². The normalized spacial score (nSPS) is 11.9. The Balaban J connectivity index is 1.77. The highest BCUT2D eigenvalue weighted by Gasteiger charge is 2.16. The maximum Gasteiger partial charge on any atom is 0.271 e. The first-order valence-electron chi connectivity index (χ1n) is 9.06. The van der Waals surface area contributed by atoms with E-state index in [-0.39, 0.29) is 16.7 Å². The van der Waals surface area contributed by atoms with Gasteiger partial charge >= 0.3 is 0 Å². The number of aryl methyl sites for hydroxylation is 3. The number of aromatic nitrogens is 2. The van der Waals surface area contributed by atoms with Gasteiger partial charge in [0.1, 0.15) is 5.03 Å². The SMILES string of the molecule is Cc1cccc(NC(=O)[C@H](C)Sc2ccc(=O)n(-c3ccc(C)c(C)c3)n2)c1. The minimum absolute atomic E-state index is 0.110. The Bertz CT molecular complexity index is 1080. The molecule has 0 fully saturated rings. The first-order chi connectivity index (χ1) is 13.3. The largest absolute Gasteiger partial charge is 0.325 e. The fourth-order valence-electron chi connectivity index (χ4n) is 2.70. The van der Waals surface area contributed by atoms with Crippen LogP contribution in [0.4, 0.5) is 5.69 Å². The van der Waals surface area contributed by atoms with E-state index in [9.17, 15) is 9.59 Å². The molecule has 0 aliphatic heterocycles. The monoisotopic (exact) mass is 393 g/mol. The number of rotatable bonds is 5. The average molecular weight is 394 g/mol. The fraction of sp³-hybridized carbons (Fsp3) is 0.227. The first kappa shape index (κ1) is 19.9. The molecule has 5 nitrogen and oxygen atoms in total. The highest BCUT2D eigenvalue weighted by atomic mass is 32.2. The van der Waals surface area contributed by atoms with Crippen molar-refractivity contribution in [1.82, 2.24) is 9.78 Å². The van der Waals surface area contributed by atoms with Crippen LogP contribution in [0.25, 0.3) is 5.69 Å². The summed E-state index contributed by atoms with van der Waals surface area (Å²) in [5, 5.41) is 7.62. The van der Waals surface area contributed by atoms with Gasteiger partial charge in [0.15, 0.2) is 0 Å². The van der Waals surface area contributed by atoms with E-state index in [1.54, 1.807) is 6.07 Å². The van der Waals surface area contributed by atoms with E-state index in [0.717, 1.165) is 22.4 Å². The zero-order valence-corrected chi connectivity index (χ0v) is 17.2. The van der Waals surface area contributed by atoms with Crippen LogP contribution in [0.3, 0.4) is 0 Å². The number of nitrogens with zero attached hydrogens (tertiary/aromatic N) is 2. The van der Waals surface area contributed by atoms with Gasteiger partial charge in [-0.15, -0.1) is 0 Å². The molecule has 3 rings (SSSR count). The summed E-state index contributed by atoms with van der Waals surface area (Å²) in [7, 11) is 0. The van der Waals surface area contributed by atoms with Crippen LogP contribution in [-0.2, 0) is 4.79 Å². The Hall–Kier alpha value is -2.86. The van der Waals surface area contributed by atoms with Crippen molar-refractivity contribution in [3.8, 4) is 5.69 Å². The second kappa shape index (κ2) is 8.44.